The Morgan fingerprint density at radius 3 is 2.81 bits per heavy atom. The molecule has 6 nitrogen and oxygen atoms in total. The van der Waals surface area contributed by atoms with Crippen LogP contribution in [0.2, 0.25) is 0 Å². The molecule has 1 amide bonds. The summed E-state index contributed by atoms with van der Waals surface area (Å²) in [6, 6.07) is 13.8. The van der Waals surface area contributed by atoms with Crippen LogP contribution in [0.1, 0.15) is 40.7 Å². The number of benzene rings is 1. The summed E-state index contributed by atoms with van der Waals surface area (Å²) < 4.78 is 12.6. The quantitative estimate of drug-likeness (QED) is 0.558. The van der Waals surface area contributed by atoms with Crippen molar-refractivity contribution in [2.24, 2.45) is 0 Å². The number of hydrogen-bond acceptors (Lipinski definition) is 4. The maximum Gasteiger partial charge on any atom is 0.254 e. The highest BCUT2D eigenvalue weighted by Gasteiger charge is 2.16. The van der Waals surface area contributed by atoms with Crippen LogP contribution in [0.15, 0.2) is 59.3 Å². The van der Waals surface area contributed by atoms with E-state index < -0.39 is 0 Å². The van der Waals surface area contributed by atoms with Crippen molar-refractivity contribution in [1.82, 2.24) is 15.1 Å². The third kappa shape index (κ3) is 5.31. The fraction of sp³-hybridized carbons (Fsp3) is 0.333. The van der Waals surface area contributed by atoms with Crippen molar-refractivity contribution in [2.45, 2.75) is 32.9 Å². The van der Waals surface area contributed by atoms with E-state index in [1.165, 1.54) is 0 Å². The molecule has 0 radical (unpaired) electrons. The number of ether oxygens (including phenoxy) is 1. The van der Waals surface area contributed by atoms with Crippen LogP contribution in [-0.2, 0) is 24.3 Å². The Morgan fingerprint density at radius 2 is 2.07 bits per heavy atom. The molecule has 0 saturated heterocycles. The van der Waals surface area contributed by atoms with Gasteiger partial charge in [0.15, 0.2) is 0 Å². The average Bonchev–Trinajstić information content (AvgIpc) is 3.35. The van der Waals surface area contributed by atoms with Crippen LogP contribution in [0.4, 0.5) is 0 Å². The van der Waals surface area contributed by atoms with Gasteiger partial charge in [-0.2, -0.15) is 5.10 Å². The molecule has 0 atom stereocenters. The van der Waals surface area contributed by atoms with E-state index in [4.69, 9.17) is 9.15 Å². The third-order valence-corrected chi connectivity index (χ3v) is 4.28. The van der Waals surface area contributed by atoms with Gasteiger partial charge >= 0.3 is 0 Å². The van der Waals surface area contributed by atoms with E-state index >= 15 is 0 Å². The first-order valence-corrected chi connectivity index (χ1v) is 9.25. The minimum absolute atomic E-state index is 0.0859. The van der Waals surface area contributed by atoms with Gasteiger partial charge < -0.3 is 14.5 Å². The molecule has 2 heterocycles. The van der Waals surface area contributed by atoms with Crippen LogP contribution < -0.4 is 5.32 Å². The minimum Gasteiger partial charge on any atom is -0.467 e. The lowest BCUT2D eigenvalue weighted by Crippen LogP contribution is -2.26. The molecule has 0 spiro atoms. The topological polar surface area (TPSA) is 69.3 Å². The number of furan rings is 1. The second kappa shape index (κ2) is 9.73. The van der Waals surface area contributed by atoms with Crippen molar-refractivity contribution in [3.05, 3.63) is 77.5 Å². The van der Waals surface area contributed by atoms with E-state index in [0.717, 1.165) is 29.9 Å². The van der Waals surface area contributed by atoms with Gasteiger partial charge in [-0.15, -0.1) is 0 Å². The summed E-state index contributed by atoms with van der Waals surface area (Å²) in [6.07, 6.45) is 4.78. The molecule has 1 aromatic carbocycles. The van der Waals surface area contributed by atoms with Crippen molar-refractivity contribution >= 4 is 5.91 Å². The van der Waals surface area contributed by atoms with Crippen LogP contribution in [0.25, 0.3) is 0 Å². The van der Waals surface area contributed by atoms with Gasteiger partial charge in [-0.25, -0.2) is 0 Å². The van der Waals surface area contributed by atoms with E-state index in [9.17, 15) is 4.79 Å². The predicted octanol–water partition coefficient (Wildman–Crippen LogP) is 3.42. The molecule has 3 rings (SSSR count). The van der Waals surface area contributed by atoms with Gasteiger partial charge in [0.2, 0.25) is 0 Å². The monoisotopic (exact) mass is 367 g/mol. The fourth-order valence-corrected chi connectivity index (χ4v) is 2.90. The lowest BCUT2D eigenvalue weighted by molar-refractivity contribution is 0.0916. The Bertz CT molecular complexity index is 826. The van der Waals surface area contributed by atoms with E-state index in [-0.39, 0.29) is 5.91 Å². The first-order chi connectivity index (χ1) is 13.3. The molecule has 0 bridgehead atoms. The zero-order chi connectivity index (χ0) is 18.9. The maximum absolute atomic E-state index is 12.5. The lowest BCUT2D eigenvalue weighted by atomic mass is 10.1. The summed E-state index contributed by atoms with van der Waals surface area (Å²) in [4.78, 5) is 12.5. The molecule has 0 aliphatic rings. The molecule has 1 N–H and O–H groups in total. The molecule has 2 aromatic heterocycles. The summed E-state index contributed by atoms with van der Waals surface area (Å²) >= 11 is 0. The van der Waals surface area contributed by atoms with Gasteiger partial charge in [0, 0.05) is 13.2 Å². The average molecular weight is 367 g/mol. The number of hydrogen-bond donors (Lipinski definition) is 1. The highest BCUT2D eigenvalue weighted by atomic mass is 16.5. The summed E-state index contributed by atoms with van der Waals surface area (Å²) in [7, 11) is 0. The number of aromatic nitrogens is 2. The molecule has 0 unspecified atom stereocenters. The molecule has 0 aliphatic heterocycles. The van der Waals surface area contributed by atoms with E-state index in [0.29, 0.717) is 31.9 Å². The van der Waals surface area contributed by atoms with Gasteiger partial charge in [0.25, 0.3) is 5.91 Å². The number of nitrogens with zero attached hydrogens (tertiary/aromatic N) is 2. The summed E-state index contributed by atoms with van der Waals surface area (Å²) in [5, 5.41) is 7.36. The van der Waals surface area contributed by atoms with Crippen LogP contribution >= 0.6 is 0 Å². The van der Waals surface area contributed by atoms with Crippen LogP contribution in [0, 0.1) is 0 Å². The molecule has 142 valence electrons. The Hall–Kier alpha value is -2.86. The van der Waals surface area contributed by atoms with E-state index in [2.05, 4.69) is 22.5 Å². The van der Waals surface area contributed by atoms with Crippen LogP contribution in [0.5, 0.6) is 0 Å². The standard InChI is InChI=1S/C21H25N3O3/c1-2-20-19(14-23-24(20)15-17-8-4-3-5-9-17)21(25)22-11-7-12-26-16-18-10-6-13-27-18/h3-6,8-10,13-14H,2,7,11-12,15-16H2,1H3,(H,22,25). The van der Waals surface area contributed by atoms with E-state index in [1.807, 2.05) is 41.9 Å². The summed E-state index contributed by atoms with van der Waals surface area (Å²) in [6.45, 7) is 4.28. The van der Waals surface area contributed by atoms with Gasteiger partial charge in [-0.05, 0) is 30.5 Å². The van der Waals surface area contributed by atoms with E-state index in [1.54, 1.807) is 12.5 Å². The van der Waals surface area contributed by atoms with Gasteiger partial charge in [-0.1, -0.05) is 37.3 Å². The minimum atomic E-state index is -0.0859. The number of carbonyl (C=O) groups is 1. The van der Waals surface area contributed by atoms with Crippen molar-refractivity contribution in [3.8, 4) is 0 Å². The molecule has 27 heavy (non-hydrogen) atoms. The highest BCUT2D eigenvalue weighted by molar-refractivity contribution is 5.95. The lowest BCUT2D eigenvalue weighted by Gasteiger charge is -2.09. The molecular weight excluding hydrogens is 342 g/mol. The van der Waals surface area contributed by atoms with Gasteiger partial charge in [0.05, 0.1) is 30.3 Å². The van der Waals surface area contributed by atoms with Crippen molar-refractivity contribution in [2.75, 3.05) is 13.2 Å². The Balaban J connectivity index is 1.46. The van der Waals surface area contributed by atoms with Crippen molar-refractivity contribution < 1.29 is 13.9 Å². The zero-order valence-corrected chi connectivity index (χ0v) is 15.6. The molecule has 0 aliphatic carbocycles. The first kappa shape index (κ1) is 18.9. The first-order valence-electron chi connectivity index (χ1n) is 9.25. The van der Waals surface area contributed by atoms with Gasteiger partial charge in [0.1, 0.15) is 12.4 Å². The summed E-state index contributed by atoms with van der Waals surface area (Å²) in [5.74, 6) is 0.717. The molecule has 0 fully saturated rings. The van der Waals surface area contributed by atoms with Crippen molar-refractivity contribution in [3.63, 3.8) is 0 Å². The predicted molar refractivity (Wildman–Crippen MR) is 102 cm³/mol. The normalized spacial score (nSPS) is 10.9. The number of amides is 1. The summed E-state index contributed by atoms with van der Waals surface area (Å²) in [5.41, 5.74) is 2.76. The van der Waals surface area contributed by atoms with Gasteiger partial charge in [-0.3, -0.25) is 9.48 Å². The van der Waals surface area contributed by atoms with Crippen LogP contribution in [0.3, 0.4) is 0 Å². The Morgan fingerprint density at radius 1 is 1.22 bits per heavy atom. The number of nitrogens with one attached hydrogen (secondary N) is 1. The zero-order valence-electron chi connectivity index (χ0n) is 15.6. The maximum atomic E-state index is 12.5. The molecule has 6 heteroatoms. The Labute approximate surface area is 159 Å². The fourth-order valence-electron chi connectivity index (χ4n) is 2.90. The second-order valence-electron chi connectivity index (χ2n) is 6.24. The third-order valence-electron chi connectivity index (χ3n) is 4.28. The smallest absolute Gasteiger partial charge is 0.254 e. The van der Waals surface area contributed by atoms with Crippen LogP contribution in [-0.4, -0.2) is 28.8 Å². The molecule has 3 aromatic rings. The number of carbonyl (C=O) groups excluding carboxylic acids is 1. The second-order valence-corrected chi connectivity index (χ2v) is 6.24. The SMILES string of the molecule is CCc1c(C(=O)NCCCOCc2ccco2)cnn1Cc1ccccc1. The Kier molecular flexibility index (Phi) is 6.82. The van der Waals surface area contributed by atoms with Crippen molar-refractivity contribution in [1.29, 1.82) is 0 Å². The molecule has 0 saturated carbocycles. The highest BCUT2D eigenvalue weighted by Crippen LogP contribution is 2.12. The molecular formula is C21H25N3O3. The number of rotatable bonds is 10. The largest absolute Gasteiger partial charge is 0.467 e.